The summed E-state index contributed by atoms with van der Waals surface area (Å²) in [6.07, 6.45) is 2.34. The number of carbonyl (C=O) groups excluding carboxylic acids is 2. The number of hydrogen-bond donors (Lipinski definition) is 4. The number of quaternary nitrogens is 1. The molecule has 1 heterocycles. The maximum absolute atomic E-state index is 12.2. The third kappa shape index (κ3) is 7.27. The Balaban J connectivity index is 2.63. The van der Waals surface area contributed by atoms with Crippen LogP contribution in [0.3, 0.4) is 0 Å². The second kappa shape index (κ2) is 11.1. The summed E-state index contributed by atoms with van der Waals surface area (Å²) in [4.78, 5) is 28.3. The number of unbranched alkanes of at least 4 members (excludes halogenated alkanes) is 1. The van der Waals surface area contributed by atoms with E-state index in [-0.39, 0.29) is 31.1 Å². The zero-order valence-corrected chi connectivity index (χ0v) is 15.4. The first-order valence-electron chi connectivity index (χ1n) is 8.93. The summed E-state index contributed by atoms with van der Waals surface area (Å²) in [6, 6.07) is 2.26. The lowest BCUT2D eigenvalue weighted by Gasteiger charge is -2.25. The molecule has 3 atom stereocenters. The topological polar surface area (TPSA) is 141 Å². The standard InChI is InChI=1S/C18H29N3O5/c1-3-12(2)17(19)18(25)21(26)11-14-10-13(8-9-20-14)15(22)6-4-5-7-16(23)24/h8-10,12,16-17,21,23-24H,3-7,11,19H2,1-2H3/t12-,17-/m0/s1. The number of nitrogens with one attached hydrogen (secondary N) is 1. The molecular formula is C18H29N3O5. The number of aromatic nitrogens is 1. The minimum atomic E-state index is -1.36. The summed E-state index contributed by atoms with van der Waals surface area (Å²) in [7, 11) is 0. The summed E-state index contributed by atoms with van der Waals surface area (Å²) >= 11 is 0. The number of nitrogens with two attached hydrogens (primary N) is 1. The van der Waals surface area contributed by atoms with Crippen LogP contribution in [0.1, 0.15) is 62.0 Å². The normalized spacial score (nSPS) is 14.9. The summed E-state index contributed by atoms with van der Waals surface area (Å²) in [5, 5.41) is 29.1. The van der Waals surface area contributed by atoms with Gasteiger partial charge in [-0.3, -0.25) is 9.78 Å². The first-order chi connectivity index (χ1) is 12.3. The van der Waals surface area contributed by atoms with Gasteiger partial charge in [-0.25, -0.2) is 4.79 Å². The summed E-state index contributed by atoms with van der Waals surface area (Å²) in [5.41, 5.74) is 6.59. The van der Waals surface area contributed by atoms with Crippen molar-refractivity contribution < 1.29 is 24.9 Å². The van der Waals surface area contributed by atoms with Gasteiger partial charge in [0.1, 0.15) is 12.6 Å². The van der Waals surface area contributed by atoms with Crippen LogP contribution in [0.2, 0.25) is 0 Å². The van der Waals surface area contributed by atoms with Gasteiger partial charge in [0.25, 0.3) is 0 Å². The van der Waals surface area contributed by atoms with Gasteiger partial charge in [0, 0.05) is 18.2 Å². The van der Waals surface area contributed by atoms with Crippen LogP contribution in [0, 0.1) is 11.1 Å². The number of amides is 1. The average Bonchev–Trinajstić information content (AvgIpc) is 2.63. The van der Waals surface area contributed by atoms with E-state index >= 15 is 0 Å². The monoisotopic (exact) mass is 367 g/mol. The number of hydroxylamine groups is 2. The smallest absolute Gasteiger partial charge is 0.329 e. The number of rotatable bonds is 11. The fourth-order valence-corrected chi connectivity index (χ4v) is 2.45. The molecule has 0 aliphatic heterocycles. The lowest BCUT2D eigenvalue weighted by molar-refractivity contribution is -0.781. The van der Waals surface area contributed by atoms with Crippen molar-refractivity contribution in [2.45, 2.75) is 64.8 Å². The fraction of sp³-hybridized carbons (Fsp3) is 0.611. The second-order valence-corrected chi connectivity index (χ2v) is 6.56. The molecule has 0 aromatic carbocycles. The molecule has 0 fully saturated rings. The Morgan fingerprint density at radius 3 is 2.65 bits per heavy atom. The van der Waals surface area contributed by atoms with E-state index in [9.17, 15) is 14.8 Å². The van der Waals surface area contributed by atoms with Gasteiger partial charge < -0.3 is 26.2 Å². The van der Waals surface area contributed by atoms with E-state index in [0.717, 1.165) is 0 Å². The Morgan fingerprint density at radius 1 is 1.35 bits per heavy atom. The van der Waals surface area contributed by atoms with Crippen LogP contribution in [0.25, 0.3) is 0 Å². The van der Waals surface area contributed by atoms with E-state index < -0.39 is 23.3 Å². The van der Waals surface area contributed by atoms with E-state index in [2.05, 4.69) is 4.98 Å². The number of hydrogen-bond acceptors (Lipinski definition) is 7. The van der Waals surface area contributed by atoms with Crippen LogP contribution in [0.15, 0.2) is 18.3 Å². The van der Waals surface area contributed by atoms with Crippen LogP contribution in [0.5, 0.6) is 0 Å². The molecule has 1 rings (SSSR count). The zero-order valence-electron chi connectivity index (χ0n) is 15.4. The minimum absolute atomic E-state index is 0.0789. The van der Waals surface area contributed by atoms with Crippen molar-refractivity contribution in [1.82, 2.24) is 4.98 Å². The Labute approximate surface area is 153 Å². The van der Waals surface area contributed by atoms with E-state index in [1.165, 1.54) is 12.3 Å². The number of pyridine rings is 1. The lowest BCUT2D eigenvalue weighted by atomic mass is 9.99. The van der Waals surface area contributed by atoms with Crippen LogP contribution in [-0.4, -0.2) is 39.2 Å². The molecule has 0 aliphatic carbocycles. The van der Waals surface area contributed by atoms with Crippen molar-refractivity contribution in [2.24, 2.45) is 11.7 Å². The van der Waals surface area contributed by atoms with Crippen molar-refractivity contribution in [3.63, 3.8) is 0 Å². The van der Waals surface area contributed by atoms with Crippen LogP contribution < -0.4 is 10.8 Å². The number of aliphatic hydroxyl groups is 2. The molecule has 8 heteroatoms. The Kier molecular flexibility index (Phi) is 9.53. The molecule has 1 amide bonds. The molecule has 1 unspecified atom stereocenters. The van der Waals surface area contributed by atoms with Crippen molar-refractivity contribution in [3.8, 4) is 0 Å². The highest BCUT2D eigenvalue weighted by molar-refractivity contribution is 5.96. The molecule has 0 spiro atoms. The van der Waals surface area contributed by atoms with E-state index in [1.807, 2.05) is 13.8 Å². The van der Waals surface area contributed by atoms with Gasteiger partial charge in [-0.15, -0.1) is 0 Å². The fourth-order valence-electron chi connectivity index (χ4n) is 2.45. The van der Waals surface area contributed by atoms with Gasteiger partial charge in [-0.05, 0) is 37.3 Å². The first kappa shape index (κ1) is 22.3. The van der Waals surface area contributed by atoms with E-state index in [1.54, 1.807) is 6.07 Å². The van der Waals surface area contributed by atoms with Gasteiger partial charge in [0.2, 0.25) is 0 Å². The van der Waals surface area contributed by atoms with Crippen molar-refractivity contribution in [2.75, 3.05) is 0 Å². The third-order valence-electron chi connectivity index (χ3n) is 4.43. The Hall–Kier alpha value is -1.71. The molecule has 0 aliphatic rings. The quantitative estimate of drug-likeness (QED) is 0.185. The van der Waals surface area contributed by atoms with Crippen LogP contribution in [0.4, 0.5) is 0 Å². The van der Waals surface area contributed by atoms with Crippen molar-refractivity contribution >= 4 is 11.7 Å². The molecule has 0 saturated carbocycles. The number of Topliss-reactive ketones (excluding diaryl/α,β-unsaturated/α-hetero) is 1. The number of nitrogens with zero attached hydrogens (tertiary/aromatic N) is 1. The van der Waals surface area contributed by atoms with Crippen molar-refractivity contribution in [1.29, 1.82) is 0 Å². The Morgan fingerprint density at radius 2 is 2.04 bits per heavy atom. The zero-order chi connectivity index (χ0) is 19.7. The summed E-state index contributed by atoms with van der Waals surface area (Å²) in [5.74, 6) is -0.804. The predicted octanol–water partition coefficient (Wildman–Crippen LogP) is -0.0819. The lowest BCUT2D eigenvalue weighted by Crippen LogP contribution is -3.10. The average molecular weight is 367 g/mol. The molecule has 26 heavy (non-hydrogen) atoms. The largest absolute Gasteiger partial charge is 0.626 e. The van der Waals surface area contributed by atoms with Gasteiger partial charge in [-0.2, -0.15) is 0 Å². The molecule has 8 nitrogen and oxygen atoms in total. The maximum atomic E-state index is 12.2. The predicted molar refractivity (Wildman–Crippen MR) is 95.7 cm³/mol. The minimum Gasteiger partial charge on any atom is -0.626 e. The highest BCUT2D eigenvalue weighted by Gasteiger charge is 2.26. The molecule has 0 saturated heterocycles. The van der Waals surface area contributed by atoms with Crippen LogP contribution in [-0.2, 0) is 11.3 Å². The highest BCUT2D eigenvalue weighted by Crippen LogP contribution is 2.10. The first-order valence-corrected chi connectivity index (χ1v) is 8.93. The molecular weight excluding hydrogens is 338 g/mol. The summed E-state index contributed by atoms with van der Waals surface area (Å²) in [6.45, 7) is 3.55. The van der Waals surface area contributed by atoms with Gasteiger partial charge in [0.05, 0.1) is 5.69 Å². The number of aliphatic hydroxyl groups excluding tert-OH is 1. The highest BCUT2D eigenvalue weighted by atomic mass is 16.5. The van der Waals surface area contributed by atoms with E-state index in [4.69, 9.17) is 15.9 Å². The van der Waals surface area contributed by atoms with Gasteiger partial charge in [0.15, 0.2) is 12.1 Å². The maximum Gasteiger partial charge on any atom is 0.329 e. The molecule has 146 valence electrons. The summed E-state index contributed by atoms with van der Waals surface area (Å²) < 4.78 is 0. The molecule has 0 bridgehead atoms. The number of ketones is 1. The SMILES string of the molecule is CC[C@H](C)[C@H](N)C(=O)[NH+]([O-])Cc1cc(C(=O)CCCCC(O)O)ccn1. The molecule has 1 aromatic rings. The van der Waals surface area contributed by atoms with Crippen LogP contribution >= 0.6 is 0 Å². The number of carbonyl (C=O) groups is 2. The van der Waals surface area contributed by atoms with Gasteiger partial charge >= 0.3 is 5.91 Å². The Bertz CT molecular complexity index is 594. The second-order valence-electron chi connectivity index (χ2n) is 6.56. The van der Waals surface area contributed by atoms with E-state index in [0.29, 0.717) is 30.5 Å². The van der Waals surface area contributed by atoms with Gasteiger partial charge in [-0.1, -0.05) is 20.3 Å². The molecule has 5 N–H and O–H groups in total. The third-order valence-corrected chi connectivity index (χ3v) is 4.43. The van der Waals surface area contributed by atoms with Crippen molar-refractivity contribution in [3.05, 3.63) is 34.8 Å². The molecule has 1 aromatic heterocycles. The molecule has 0 radical (unpaired) electrons.